The van der Waals surface area contributed by atoms with Crippen molar-refractivity contribution in [2.45, 2.75) is 12.3 Å². The van der Waals surface area contributed by atoms with Gasteiger partial charge in [0, 0.05) is 24.3 Å². The molecular weight excluding hydrogens is 272 g/mol. The van der Waals surface area contributed by atoms with E-state index in [9.17, 15) is 9.59 Å². The number of amides is 2. The summed E-state index contributed by atoms with van der Waals surface area (Å²) in [5.41, 5.74) is 2.21. The largest absolute Gasteiger partial charge is 0.481 e. The Hall–Kier alpha value is -2.83. The molecule has 1 aromatic carbocycles. The molecule has 3 N–H and O–H groups in total. The van der Waals surface area contributed by atoms with Gasteiger partial charge in [-0.3, -0.25) is 14.8 Å². The number of aromatic amines is 1. The minimum absolute atomic E-state index is 0.00645. The van der Waals surface area contributed by atoms with Gasteiger partial charge < -0.3 is 10.4 Å². The maximum absolute atomic E-state index is 12.3. The van der Waals surface area contributed by atoms with Gasteiger partial charge in [-0.1, -0.05) is 18.2 Å². The highest BCUT2D eigenvalue weighted by atomic mass is 16.4. The lowest BCUT2D eigenvalue weighted by atomic mass is 9.98. The number of benzene rings is 1. The van der Waals surface area contributed by atoms with Gasteiger partial charge in [0.05, 0.1) is 18.3 Å². The van der Waals surface area contributed by atoms with E-state index < -0.39 is 5.97 Å². The molecule has 0 radical (unpaired) electrons. The molecule has 0 saturated carbocycles. The number of anilines is 2. The molecule has 0 aliphatic carbocycles. The van der Waals surface area contributed by atoms with Gasteiger partial charge in [-0.2, -0.15) is 5.10 Å². The van der Waals surface area contributed by atoms with Gasteiger partial charge in [0.2, 0.25) is 0 Å². The SMILES string of the molecule is O=C(O)CC1CN(C(=O)Nc2cn[nH]c2)c2ccccc21. The molecule has 1 atom stereocenters. The molecule has 1 aliphatic rings. The summed E-state index contributed by atoms with van der Waals surface area (Å²) in [6, 6.07) is 7.09. The first-order chi connectivity index (χ1) is 10.1. The number of carboxylic acid groups (broad SMARTS) is 1. The average Bonchev–Trinajstić information content (AvgIpc) is 3.07. The van der Waals surface area contributed by atoms with Crippen LogP contribution in [0.1, 0.15) is 17.9 Å². The molecule has 7 heteroatoms. The number of H-pyrrole nitrogens is 1. The van der Waals surface area contributed by atoms with Crippen LogP contribution in [0.3, 0.4) is 0 Å². The van der Waals surface area contributed by atoms with Crippen molar-refractivity contribution in [3.8, 4) is 0 Å². The first-order valence-electron chi connectivity index (χ1n) is 6.53. The van der Waals surface area contributed by atoms with Gasteiger partial charge in [0.15, 0.2) is 0 Å². The van der Waals surface area contributed by atoms with Crippen molar-refractivity contribution in [3.63, 3.8) is 0 Å². The van der Waals surface area contributed by atoms with Crippen molar-refractivity contribution >= 4 is 23.4 Å². The van der Waals surface area contributed by atoms with Crippen molar-refractivity contribution < 1.29 is 14.7 Å². The second-order valence-corrected chi connectivity index (χ2v) is 4.88. The zero-order valence-corrected chi connectivity index (χ0v) is 11.1. The molecule has 0 bridgehead atoms. The van der Waals surface area contributed by atoms with Crippen LogP contribution in [0.2, 0.25) is 0 Å². The van der Waals surface area contributed by atoms with Crippen LogP contribution in [0.25, 0.3) is 0 Å². The lowest BCUT2D eigenvalue weighted by Crippen LogP contribution is -2.34. The van der Waals surface area contributed by atoms with E-state index in [2.05, 4.69) is 15.5 Å². The Balaban J connectivity index is 1.83. The van der Waals surface area contributed by atoms with Gasteiger partial charge in [-0.15, -0.1) is 0 Å². The zero-order valence-electron chi connectivity index (χ0n) is 11.1. The fourth-order valence-corrected chi connectivity index (χ4v) is 2.58. The minimum Gasteiger partial charge on any atom is -0.481 e. The summed E-state index contributed by atoms with van der Waals surface area (Å²) < 4.78 is 0. The Morgan fingerprint density at radius 1 is 1.43 bits per heavy atom. The molecule has 0 spiro atoms. The molecule has 2 heterocycles. The fraction of sp³-hybridized carbons (Fsp3) is 0.214. The summed E-state index contributed by atoms with van der Waals surface area (Å²) in [5, 5.41) is 18.1. The Bertz CT molecular complexity index is 669. The smallest absolute Gasteiger partial charge is 0.326 e. The molecule has 0 saturated heterocycles. The number of aromatic nitrogens is 2. The molecule has 2 amide bonds. The second kappa shape index (κ2) is 5.28. The summed E-state index contributed by atoms with van der Waals surface area (Å²) in [7, 11) is 0. The Morgan fingerprint density at radius 2 is 2.24 bits per heavy atom. The number of fused-ring (bicyclic) bond motifs is 1. The molecule has 0 fully saturated rings. The average molecular weight is 286 g/mol. The van der Waals surface area contributed by atoms with Crippen molar-refractivity contribution in [2.24, 2.45) is 0 Å². The number of nitrogens with zero attached hydrogens (tertiary/aromatic N) is 2. The number of aliphatic carboxylic acids is 1. The molecule has 3 rings (SSSR count). The molecule has 2 aromatic rings. The maximum atomic E-state index is 12.3. The topological polar surface area (TPSA) is 98.3 Å². The van der Waals surface area contributed by atoms with E-state index in [0.29, 0.717) is 12.2 Å². The van der Waals surface area contributed by atoms with Gasteiger partial charge in [-0.05, 0) is 11.6 Å². The lowest BCUT2D eigenvalue weighted by Gasteiger charge is -2.17. The number of carboxylic acids is 1. The molecule has 21 heavy (non-hydrogen) atoms. The van der Waals surface area contributed by atoms with Gasteiger partial charge in [-0.25, -0.2) is 4.79 Å². The summed E-state index contributed by atoms with van der Waals surface area (Å²) >= 11 is 0. The maximum Gasteiger partial charge on any atom is 0.326 e. The first-order valence-corrected chi connectivity index (χ1v) is 6.53. The van der Waals surface area contributed by atoms with Crippen LogP contribution in [0.15, 0.2) is 36.7 Å². The van der Waals surface area contributed by atoms with Crippen molar-refractivity contribution in [1.29, 1.82) is 0 Å². The number of carbonyl (C=O) groups is 2. The van der Waals surface area contributed by atoms with Crippen LogP contribution >= 0.6 is 0 Å². The van der Waals surface area contributed by atoms with Gasteiger partial charge >= 0.3 is 12.0 Å². The van der Waals surface area contributed by atoms with E-state index >= 15 is 0 Å². The molecule has 1 aromatic heterocycles. The first kappa shape index (κ1) is 13.2. The van der Waals surface area contributed by atoms with E-state index in [-0.39, 0.29) is 18.4 Å². The standard InChI is InChI=1S/C14H14N4O3/c19-13(20)5-9-8-18(12-4-2-1-3-11(9)12)14(21)17-10-6-15-16-7-10/h1-4,6-7,9H,5,8H2,(H,15,16)(H,17,21)(H,19,20). The predicted octanol–water partition coefficient (Wildman–Crippen LogP) is 2.02. The van der Waals surface area contributed by atoms with E-state index in [1.807, 2.05) is 24.3 Å². The van der Waals surface area contributed by atoms with Crippen LogP contribution in [0.4, 0.5) is 16.2 Å². The van der Waals surface area contributed by atoms with Crippen molar-refractivity contribution in [2.75, 3.05) is 16.8 Å². The third-order valence-electron chi connectivity index (χ3n) is 3.49. The van der Waals surface area contributed by atoms with Crippen LogP contribution in [0, 0.1) is 0 Å². The predicted molar refractivity (Wildman–Crippen MR) is 76.4 cm³/mol. The van der Waals surface area contributed by atoms with Gasteiger partial charge in [0.1, 0.15) is 0 Å². The third kappa shape index (κ3) is 2.58. The number of urea groups is 1. The van der Waals surface area contributed by atoms with E-state index in [1.54, 1.807) is 11.1 Å². The Labute approximate surface area is 120 Å². The van der Waals surface area contributed by atoms with E-state index in [4.69, 9.17) is 5.11 Å². The second-order valence-electron chi connectivity index (χ2n) is 4.88. The fourth-order valence-electron chi connectivity index (χ4n) is 2.58. The van der Waals surface area contributed by atoms with Crippen molar-refractivity contribution in [1.82, 2.24) is 10.2 Å². The number of para-hydroxylation sites is 1. The van der Waals surface area contributed by atoms with Crippen LogP contribution in [-0.2, 0) is 4.79 Å². The highest BCUT2D eigenvalue weighted by Gasteiger charge is 2.33. The zero-order chi connectivity index (χ0) is 14.8. The summed E-state index contributed by atoms with van der Waals surface area (Å²) in [6.45, 7) is 0.356. The molecular formula is C14H14N4O3. The molecule has 1 aliphatic heterocycles. The van der Waals surface area contributed by atoms with Crippen LogP contribution in [-0.4, -0.2) is 33.8 Å². The van der Waals surface area contributed by atoms with Crippen LogP contribution in [0.5, 0.6) is 0 Å². The molecule has 7 nitrogen and oxygen atoms in total. The normalized spacial score (nSPS) is 16.6. The third-order valence-corrected chi connectivity index (χ3v) is 3.49. The van der Waals surface area contributed by atoms with Crippen LogP contribution < -0.4 is 10.2 Å². The van der Waals surface area contributed by atoms with E-state index in [0.717, 1.165) is 11.3 Å². The van der Waals surface area contributed by atoms with Crippen molar-refractivity contribution in [3.05, 3.63) is 42.2 Å². The van der Waals surface area contributed by atoms with E-state index in [1.165, 1.54) is 6.20 Å². The summed E-state index contributed by atoms with van der Waals surface area (Å²) in [4.78, 5) is 24.9. The number of nitrogens with one attached hydrogen (secondary N) is 2. The summed E-state index contributed by atoms with van der Waals surface area (Å²) in [5.74, 6) is -1.05. The molecule has 108 valence electrons. The number of hydrogen-bond donors (Lipinski definition) is 3. The Morgan fingerprint density at radius 3 is 2.95 bits per heavy atom. The number of carbonyl (C=O) groups excluding carboxylic acids is 1. The molecule has 1 unspecified atom stereocenters. The van der Waals surface area contributed by atoms with Gasteiger partial charge in [0.25, 0.3) is 0 Å². The Kier molecular flexibility index (Phi) is 3.31. The highest BCUT2D eigenvalue weighted by molar-refractivity contribution is 6.03. The number of hydrogen-bond acceptors (Lipinski definition) is 3. The highest BCUT2D eigenvalue weighted by Crippen LogP contribution is 2.38. The monoisotopic (exact) mass is 286 g/mol. The lowest BCUT2D eigenvalue weighted by molar-refractivity contribution is -0.137. The minimum atomic E-state index is -0.869. The summed E-state index contributed by atoms with van der Waals surface area (Å²) in [6.07, 6.45) is 3.09. The number of rotatable bonds is 3. The quantitative estimate of drug-likeness (QED) is 0.803.